The van der Waals surface area contributed by atoms with Crippen LogP contribution in [0.1, 0.15) is 43.2 Å². The summed E-state index contributed by atoms with van der Waals surface area (Å²) in [6.45, 7) is 0.296. The molecule has 1 amide bonds. The standard InChI is InChI=1S/C28H31N5O2/c34-26(20-7-3-1-4-8-20)24-16-15-23(30-24)17-19-11-13-22(14-12-19)28(35)29-18-25-31-27(33-32-25)21-9-5-2-6-10-21/h1-11,13-14,19,23-24,26,30,34H,12,15-18H2,(H,29,35)(H,31,32,33). The third-order valence-corrected chi connectivity index (χ3v) is 6.82. The summed E-state index contributed by atoms with van der Waals surface area (Å²) >= 11 is 0. The van der Waals surface area contributed by atoms with Crippen LogP contribution in [0, 0.1) is 5.92 Å². The lowest BCUT2D eigenvalue weighted by atomic mass is 9.90. The largest absolute Gasteiger partial charge is 0.387 e. The molecule has 7 nitrogen and oxygen atoms in total. The van der Waals surface area contributed by atoms with Crippen LogP contribution in [0.4, 0.5) is 0 Å². The lowest BCUT2D eigenvalue weighted by molar-refractivity contribution is -0.117. The van der Waals surface area contributed by atoms with E-state index in [4.69, 9.17) is 0 Å². The monoisotopic (exact) mass is 469 g/mol. The van der Waals surface area contributed by atoms with Gasteiger partial charge in [0.05, 0.1) is 12.6 Å². The second kappa shape index (κ2) is 10.8. The summed E-state index contributed by atoms with van der Waals surface area (Å²) in [5.74, 6) is 1.52. The zero-order chi connectivity index (χ0) is 24.0. The van der Waals surface area contributed by atoms with Gasteiger partial charge < -0.3 is 15.7 Å². The summed E-state index contributed by atoms with van der Waals surface area (Å²) in [6, 6.07) is 20.0. The maximum absolute atomic E-state index is 12.6. The first-order valence-corrected chi connectivity index (χ1v) is 12.3. The maximum Gasteiger partial charge on any atom is 0.251 e. The molecular weight excluding hydrogens is 438 g/mol. The van der Waals surface area contributed by atoms with Crippen molar-refractivity contribution in [1.82, 2.24) is 25.8 Å². The van der Waals surface area contributed by atoms with E-state index < -0.39 is 6.10 Å². The van der Waals surface area contributed by atoms with Gasteiger partial charge in [0.25, 0.3) is 5.91 Å². The predicted molar refractivity (Wildman–Crippen MR) is 135 cm³/mol. The average Bonchev–Trinajstić information content (AvgIpc) is 3.58. The number of rotatable bonds is 8. The lowest BCUT2D eigenvalue weighted by Crippen LogP contribution is -2.35. The van der Waals surface area contributed by atoms with Crippen molar-refractivity contribution < 1.29 is 9.90 Å². The van der Waals surface area contributed by atoms with Crippen molar-refractivity contribution in [2.45, 2.75) is 50.4 Å². The Labute approximate surface area is 205 Å². The van der Waals surface area contributed by atoms with Gasteiger partial charge in [-0.2, -0.15) is 5.10 Å². The van der Waals surface area contributed by atoms with Gasteiger partial charge in [-0.25, -0.2) is 4.98 Å². The van der Waals surface area contributed by atoms with Crippen molar-refractivity contribution in [3.8, 4) is 11.4 Å². The van der Waals surface area contributed by atoms with Crippen molar-refractivity contribution in [2.24, 2.45) is 5.92 Å². The van der Waals surface area contributed by atoms with Crippen LogP contribution in [0.15, 0.2) is 84.5 Å². The fourth-order valence-electron chi connectivity index (χ4n) is 4.90. The first-order chi connectivity index (χ1) is 17.2. The van der Waals surface area contributed by atoms with Gasteiger partial charge in [0.2, 0.25) is 0 Å². The molecule has 4 unspecified atom stereocenters. The van der Waals surface area contributed by atoms with Gasteiger partial charge in [0.1, 0.15) is 5.82 Å². The Balaban J connectivity index is 1.07. The summed E-state index contributed by atoms with van der Waals surface area (Å²) in [6.07, 6.45) is 9.45. The Bertz CT molecular complexity index is 1190. The van der Waals surface area contributed by atoms with Crippen LogP contribution < -0.4 is 10.6 Å². The van der Waals surface area contributed by atoms with E-state index in [2.05, 4.69) is 31.9 Å². The van der Waals surface area contributed by atoms with E-state index in [1.54, 1.807) is 0 Å². The number of nitrogens with one attached hydrogen (secondary N) is 3. The SMILES string of the molecule is O=C(NCc1nc(-c2ccccc2)n[nH]1)C1=CCC(CC2CCC(C(O)c3ccccc3)N2)C=C1. The summed E-state index contributed by atoms with van der Waals surface area (Å²) in [5.41, 5.74) is 2.58. The van der Waals surface area contributed by atoms with Crippen LogP contribution in [0.25, 0.3) is 11.4 Å². The van der Waals surface area contributed by atoms with E-state index in [1.165, 1.54) is 0 Å². The highest BCUT2D eigenvalue weighted by Gasteiger charge is 2.31. The Morgan fingerprint density at radius 2 is 1.86 bits per heavy atom. The molecule has 180 valence electrons. The number of benzene rings is 2. The van der Waals surface area contributed by atoms with Crippen molar-refractivity contribution in [2.75, 3.05) is 0 Å². The van der Waals surface area contributed by atoms with Gasteiger partial charge >= 0.3 is 0 Å². The third-order valence-electron chi connectivity index (χ3n) is 6.82. The zero-order valence-electron chi connectivity index (χ0n) is 19.6. The van der Waals surface area contributed by atoms with E-state index in [0.717, 1.165) is 36.8 Å². The molecule has 1 aromatic heterocycles. The molecule has 0 radical (unpaired) electrons. The summed E-state index contributed by atoms with van der Waals surface area (Å²) in [7, 11) is 0. The van der Waals surface area contributed by atoms with E-state index in [9.17, 15) is 9.90 Å². The Morgan fingerprint density at radius 3 is 2.60 bits per heavy atom. The molecule has 2 aliphatic rings. The second-order valence-corrected chi connectivity index (χ2v) is 9.31. The number of hydrogen-bond acceptors (Lipinski definition) is 5. The minimum Gasteiger partial charge on any atom is -0.387 e. The third kappa shape index (κ3) is 5.75. The normalized spacial score (nSPS) is 22.5. The zero-order valence-corrected chi connectivity index (χ0v) is 19.6. The molecule has 2 heterocycles. The highest BCUT2D eigenvalue weighted by Crippen LogP contribution is 2.30. The number of aliphatic hydroxyl groups excluding tert-OH is 1. The number of hydrogen-bond donors (Lipinski definition) is 4. The van der Waals surface area contributed by atoms with Gasteiger partial charge in [0, 0.05) is 23.2 Å². The molecule has 1 fully saturated rings. The number of aromatic nitrogens is 3. The fraction of sp³-hybridized carbons (Fsp3) is 0.321. The molecule has 7 heteroatoms. The van der Waals surface area contributed by atoms with Crippen LogP contribution >= 0.6 is 0 Å². The van der Waals surface area contributed by atoms with E-state index in [1.807, 2.05) is 72.8 Å². The van der Waals surface area contributed by atoms with Crippen LogP contribution in [0.3, 0.4) is 0 Å². The number of allylic oxidation sites excluding steroid dienone is 2. The smallest absolute Gasteiger partial charge is 0.251 e. The quantitative estimate of drug-likeness (QED) is 0.402. The highest BCUT2D eigenvalue weighted by atomic mass is 16.3. The average molecular weight is 470 g/mol. The van der Waals surface area contributed by atoms with Crippen molar-refractivity contribution in [3.63, 3.8) is 0 Å². The van der Waals surface area contributed by atoms with Gasteiger partial charge in [-0.05, 0) is 37.2 Å². The van der Waals surface area contributed by atoms with Crippen LogP contribution in [0.5, 0.6) is 0 Å². The van der Waals surface area contributed by atoms with Crippen molar-refractivity contribution in [1.29, 1.82) is 0 Å². The van der Waals surface area contributed by atoms with Gasteiger partial charge in [-0.15, -0.1) is 0 Å². The number of carbonyl (C=O) groups excluding carboxylic acids is 1. The lowest BCUT2D eigenvalue weighted by Gasteiger charge is -2.23. The molecule has 1 aliphatic heterocycles. The van der Waals surface area contributed by atoms with Gasteiger partial charge in [0.15, 0.2) is 5.82 Å². The minimum absolute atomic E-state index is 0.0883. The van der Waals surface area contributed by atoms with E-state index in [-0.39, 0.29) is 11.9 Å². The van der Waals surface area contributed by atoms with Crippen LogP contribution in [-0.4, -0.2) is 38.3 Å². The number of nitrogens with zero attached hydrogens (tertiary/aromatic N) is 2. The summed E-state index contributed by atoms with van der Waals surface area (Å²) in [5, 5.41) is 24.4. The number of aromatic amines is 1. The van der Waals surface area contributed by atoms with Gasteiger partial charge in [-0.3, -0.25) is 9.89 Å². The molecule has 3 aromatic rings. The molecule has 35 heavy (non-hydrogen) atoms. The Hall–Kier alpha value is -3.55. The molecule has 2 aromatic carbocycles. The number of H-pyrrole nitrogens is 1. The number of aliphatic hydroxyl groups is 1. The van der Waals surface area contributed by atoms with Crippen molar-refractivity contribution in [3.05, 3.63) is 95.9 Å². The number of carbonyl (C=O) groups is 1. The molecule has 1 saturated heterocycles. The molecular formula is C28H31N5O2. The molecule has 0 saturated carbocycles. The molecule has 4 N–H and O–H groups in total. The molecule has 0 bridgehead atoms. The Kier molecular flexibility index (Phi) is 7.16. The van der Waals surface area contributed by atoms with E-state index >= 15 is 0 Å². The Morgan fingerprint density at radius 1 is 1.09 bits per heavy atom. The topological polar surface area (TPSA) is 103 Å². The molecule has 0 spiro atoms. The molecule has 1 aliphatic carbocycles. The van der Waals surface area contributed by atoms with E-state index in [0.29, 0.717) is 35.7 Å². The fourth-order valence-corrected chi connectivity index (χ4v) is 4.90. The summed E-state index contributed by atoms with van der Waals surface area (Å²) < 4.78 is 0. The van der Waals surface area contributed by atoms with Crippen LogP contribution in [-0.2, 0) is 11.3 Å². The summed E-state index contributed by atoms with van der Waals surface area (Å²) in [4.78, 5) is 17.1. The first kappa shape index (κ1) is 23.2. The first-order valence-electron chi connectivity index (χ1n) is 12.3. The predicted octanol–water partition coefficient (Wildman–Crippen LogP) is 3.83. The minimum atomic E-state index is -0.480. The highest BCUT2D eigenvalue weighted by molar-refractivity contribution is 5.96. The number of amides is 1. The second-order valence-electron chi connectivity index (χ2n) is 9.31. The molecule has 4 atom stereocenters. The maximum atomic E-state index is 12.6. The van der Waals surface area contributed by atoms with Crippen LogP contribution in [0.2, 0.25) is 0 Å². The van der Waals surface area contributed by atoms with Crippen molar-refractivity contribution >= 4 is 5.91 Å². The molecule has 5 rings (SSSR count). The van der Waals surface area contributed by atoms with Gasteiger partial charge in [-0.1, -0.05) is 78.9 Å².